The number of anilines is 3. The largest absolute Gasteiger partial charge is 0.456 e. The van der Waals surface area contributed by atoms with E-state index >= 15 is 0 Å². The number of benzene rings is 10. The summed E-state index contributed by atoms with van der Waals surface area (Å²) in [5.41, 5.74) is 14.5. The molecule has 0 amide bonds. The van der Waals surface area contributed by atoms with Gasteiger partial charge in [0.15, 0.2) is 0 Å². The molecule has 1 aromatic heterocycles. The Bertz CT molecular complexity index is 3270. The van der Waals surface area contributed by atoms with E-state index in [0.29, 0.717) is 0 Å². The van der Waals surface area contributed by atoms with Crippen LogP contribution in [0.15, 0.2) is 229 Å². The smallest absolute Gasteiger partial charge is 0.136 e. The molecule has 11 rings (SSSR count). The zero-order chi connectivity index (χ0) is 38.4. The molecule has 0 aliphatic heterocycles. The van der Waals surface area contributed by atoms with Crippen LogP contribution in [0.3, 0.4) is 0 Å². The molecule has 58 heavy (non-hydrogen) atoms. The molecule has 0 fully saturated rings. The Morgan fingerprint density at radius 2 is 0.897 bits per heavy atom. The zero-order valence-corrected chi connectivity index (χ0v) is 31.7. The van der Waals surface area contributed by atoms with E-state index < -0.39 is 0 Å². The number of hydrogen-bond donors (Lipinski definition) is 0. The van der Waals surface area contributed by atoms with Crippen molar-refractivity contribution >= 4 is 60.5 Å². The van der Waals surface area contributed by atoms with Crippen LogP contribution >= 0.6 is 0 Å². The molecule has 11 aromatic rings. The molecule has 2 heteroatoms. The summed E-state index contributed by atoms with van der Waals surface area (Å²) in [5, 5.41) is 7.13. The first-order valence-electron chi connectivity index (χ1n) is 19.8. The van der Waals surface area contributed by atoms with Gasteiger partial charge in [-0.05, 0) is 115 Å². The number of para-hydroxylation sites is 2. The van der Waals surface area contributed by atoms with Crippen molar-refractivity contribution in [2.45, 2.75) is 0 Å². The van der Waals surface area contributed by atoms with Crippen molar-refractivity contribution in [2.75, 3.05) is 4.90 Å². The minimum Gasteiger partial charge on any atom is -0.456 e. The van der Waals surface area contributed by atoms with E-state index in [9.17, 15) is 0 Å². The first-order chi connectivity index (χ1) is 28.7. The number of nitrogens with zero attached hydrogens (tertiary/aromatic N) is 1. The number of fused-ring (bicyclic) bond motifs is 6. The molecule has 1 heterocycles. The number of hydrogen-bond acceptors (Lipinski definition) is 2. The lowest BCUT2D eigenvalue weighted by Gasteiger charge is -2.29. The third-order valence-electron chi connectivity index (χ3n) is 11.5. The van der Waals surface area contributed by atoms with Gasteiger partial charge >= 0.3 is 0 Å². The minimum atomic E-state index is 0.906. The Balaban J connectivity index is 1.12. The van der Waals surface area contributed by atoms with Gasteiger partial charge in [0.25, 0.3) is 0 Å². The maximum atomic E-state index is 6.31. The lowest BCUT2D eigenvalue weighted by molar-refractivity contribution is 0.669. The summed E-state index contributed by atoms with van der Waals surface area (Å²) >= 11 is 0. The Kier molecular flexibility index (Phi) is 8.19. The molecule has 0 aliphatic rings. The maximum absolute atomic E-state index is 6.31. The van der Waals surface area contributed by atoms with Crippen molar-refractivity contribution in [3.05, 3.63) is 224 Å². The van der Waals surface area contributed by atoms with Crippen LogP contribution in [0.1, 0.15) is 0 Å². The normalized spacial score (nSPS) is 11.4. The van der Waals surface area contributed by atoms with E-state index in [2.05, 4.69) is 223 Å². The summed E-state index contributed by atoms with van der Waals surface area (Å²) in [7, 11) is 0. The fourth-order valence-electron chi connectivity index (χ4n) is 8.62. The summed E-state index contributed by atoms with van der Waals surface area (Å²) in [6.07, 6.45) is 0. The van der Waals surface area contributed by atoms with Gasteiger partial charge in [-0.2, -0.15) is 0 Å². The van der Waals surface area contributed by atoms with Gasteiger partial charge in [0.05, 0.1) is 5.69 Å². The Morgan fingerprint density at radius 1 is 0.293 bits per heavy atom. The third kappa shape index (κ3) is 5.91. The molecule has 0 spiro atoms. The van der Waals surface area contributed by atoms with E-state index in [4.69, 9.17) is 4.42 Å². The van der Waals surface area contributed by atoms with E-state index in [1.165, 1.54) is 43.8 Å². The van der Waals surface area contributed by atoms with Gasteiger partial charge in [-0.25, -0.2) is 0 Å². The predicted octanol–water partition coefficient (Wildman–Crippen LogP) is 16.0. The van der Waals surface area contributed by atoms with Crippen molar-refractivity contribution in [3.8, 4) is 44.5 Å². The lowest BCUT2D eigenvalue weighted by Crippen LogP contribution is -2.11. The van der Waals surface area contributed by atoms with Crippen molar-refractivity contribution in [1.82, 2.24) is 0 Å². The monoisotopic (exact) mass is 739 g/mol. The van der Waals surface area contributed by atoms with Crippen molar-refractivity contribution in [2.24, 2.45) is 0 Å². The summed E-state index contributed by atoms with van der Waals surface area (Å²) < 4.78 is 6.31. The SMILES string of the molecule is c1ccc(-c2ccc(N(c3ccc(-c4ccc5ccc6oc7ccccc7c6c5c4)c(-c4ccccc4)c3)c3ccccc3-c3ccc4ccccc4c3)cc2)cc1. The average Bonchev–Trinajstić information content (AvgIpc) is 3.69. The summed E-state index contributed by atoms with van der Waals surface area (Å²) in [6.45, 7) is 0. The van der Waals surface area contributed by atoms with Crippen LogP contribution in [-0.4, -0.2) is 0 Å². The highest BCUT2D eigenvalue weighted by atomic mass is 16.3. The van der Waals surface area contributed by atoms with E-state index in [1.54, 1.807) is 0 Å². The van der Waals surface area contributed by atoms with E-state index in [1.807, 2.05) is 6.07 Å². The molecule has 272 valence electrons. The molecule has 0 saturated heterocycles. The maximum Gasteiger partial charge on any atom is 0.136 e. The second kappa shape index (κ2) is 14.1. The Labute approximate surface area is 337 Å². The van der Waals surface area contributed by atoms with Crippen LogP contribution in [-0.2, 0) is 0 Å². The molecule has 10 aromatic carbocycles. The topological polar surface area (TPSA) is 16.4 Å². The Hall–Kier alpha value is -7.68. The van der Waals surface area contributed by atoms with Crippen LogP contribution in [0.25, 0.3) is 88.0 Å². The van der Waals surface area contributed by atoms with Gasteiger partial charge in [-0.1, -0.05) is 170 Å². The van der Waals surface area contributed by atoms with Gasteiger partial charge < -0.3 is 9.32 Å². The summed E-state index contributed by atoms with van der Waals surface area (Å²) in [6, 6.07) is 80.9. The molecule has 0 aliphatic carbocycles. The highest BCUT2D eigenvalue weighted by molar-refractivity contribution is 6.19. The number of rotatable bonds is 7. The van der Waals surface area contributed by atoms with E-state index in [0.717, 1.165) is 61.3 Å². The fraction of sp³-hybridized carbons (Fsp3) is 0. The van der Waals surface area contributed by atoms with Crippen molar-refractivity contribution in [3.63, 3.8) is 0 Å². The standard InChI is InChI=1S/C56H37NO/c1-3-13-38(14-4-1)40-27-30-46(31-28-40)57(53-21-11-9-19-49(53)44-25-23-39-15-7-8-18-43(39)35-44)47-32-33-48(51(37-47)41-16-5-2-6-17-41)45-26-24-42-29-34-55-56(52(42)36-45)50-20-10-12-22-54(50)58-55/h1-37H. The fourth-order valence-corrected chi connectivity index (χ4v) is 8.62. The minimum absolute atomic E-state index is 0.906. The molecule has 2 nitrogen and oxygen atoms in total. The number of furan rings is 1. The van der Waals surface area contributed by atoms with Gasteiger partial charge in [-0.15, -0.1) is 0 Å². The second-order valence-electron chi connectivity index (χ2n) is 14.9. The quantitative estimate of drug-likeness (QED) is 0.162. The van der Waals surface area contributed by atoms with Crippen molar-refractivity contribution in [1.29, 1.82) is 0 Å². The average molecular weight is 740 g/mol. The third-order valence-corrected chi connectivity index (χ3v) is 11.5. The van der Waals surface area contributed by atoms with Crippen LogP contribution in [0.5, 0.6) is 0 Å². The van der Waals surface area contributed by atoms with Crippen LogP contribution < -0.4 is 4.90 Å². The first kappa shape index (κ1) is 33.6. The van der Waals surface area contributed by atoms with Gasteiger partial charge in [0, 0.05) is 27.7 Å². The summed E-state index contributed by atoms with van der Waals surface area (Å²) in [4.78, 5) is 2.41. The van der Waals surface area contributed by atoms with Crippen LogP contribution in [0, 0.1) is 0 Å². The molecular weight excluding hydrogens is 703 g/mol. The second-order valence-corrected chi connectivity index (χ2v) is 14.9. The molecule has 0 unspecified atom stereocenters. The summed E-state index contributed by atoms with van der Waals surface area (Å²) in [5.74, 6) is 0. The highest BCUT2D eigenvalue weighted by Gasteiger charge is 2.20. The van der Waals surface area contributed by atoms with Gasteiger partial charge in [0.1, 0.15) is 11.2 Å². The van der Waals surface area contributed by atoms with Crippen LogP contribution in [0.4, 0.5) is 17.1 Å². The van der Waals surface area contributed by atoms with Crippen LogP contribution in [0.2, 0.25) is 0 Å². The lowest BCUT2D eigenvalue weighted by atomic mass is 9.91. The molecule has 0 radical (unpaired) electrons. The van der Waals surface area contributed by atoms with Crippen molar-refractivity contribution < 1.29 is 4.42 Å². The molecule has 0 bridgehead atoms. The molecule has 0 atom stereocenters. The first-order valence-corrected chi connectivity index (χ1v) is 19.8. The van der Waals surface area contributed by atoms with Gasteiger partial charge in [-0.3, -0.25) is 0 Å². The molecule has 0 saturated carbocycles. The molecule has 0 N–H and O–H groups in total. The molecular formula is C56H37NO. The zero-order valence-electron chi connectivity index (χ0n) is 31.7. The predicted molar refractivity (Wildman–Crippen MR) is 245 cm³/mol. The Morgan fingerprint density at radius 3 is 1.72 bits per heavy atom. The van der Waals surface area contributed by atoms with Gasteiger partial charge in [0.2, 0.25) is 0 Å². The van der Waals surface area contributed by atoms with E-state index in [-0.39, 0.29) is 0 Å². The highest BCUT2D eigenvalue weighted by Crippen LogP contribution is 2.45.